The van der Waals surface area contributed by atoms with Crippen LogP contribution in [-0.2, 0) is 18.3 Å². The Labute approximate surface area is 94.8 Å². The molecule has 0 radical (unpaired) electrons. The lowest BCUT2D eigenvalue weighted by molar-refractivity contribution is -0.428. The van der Waals surface area contributed by atoms with Crippen LogP contribution < -0.4 is 5.73 Å². The molecule has 0 amide bonds. The van der Waals surface area contributed by atoms with Gasteiger partial charge in [-0.2, -0.15) is 0 Å². The average molecular weight is 273 g/mol. The second-order valence-corrected chi connectivity index (χ2v) is 5.10. The first-order valence-corrected chi connectivity index (χ1v) is 6.05. The molecule has 2 aliphatic rings. The third kappa shape index (κ3) is 1.74. The minimum absolute atomic E-state index is 0.782. The largest absolute Gasteiger partial charge is 0.478 e. The summed E-state index contributed by atoms with van der Waals surface area (Å²) in [4.78, 5) is 9.05. The Morgan fingerprint density at radius 1 is 1.35 bits per heavy atom. The van der Waals surface area contributed by atoms with E-state index >= 15 is 0 Å². The lowest BCUT2D eigenvalue weighted by atomic mass is 9.93. The number of hydrogen-bond acceptors (Lipinski definition) is 9. The van der Waals surface area contributed by atoms with Crippen molar-refractivity contribution in [3.05, 3.63) is 0 Å². The van der Waals surface area contributed by atoms with Crippen molar-refractivity contribution < 1.29 is 43.7 Å². The van der Waals surface area contributed by atoms with Crippen LogP contribution in [0, 0.1) is 0 Å². The van der Waals surface area contributed by atoms with Gasteiger partial charge in [0.05, 0.1) is 6.61 Å². The molecular formula is C6H12NO9P. The van der Waals surface area contributed by atoms with Gasteiger partial charge >= 0.3 is 13.8 Å². The molecule has 0 aromatic carbocycles. The van der Waals surface area contributed by atoms with Gasteiger partial charge in [-0.25, -0.2) is 9.09 Å². The zero-order chi connectivity index (χ0) is 13.1. The van der Waals surface area contributed by atoms with E-state index in [1.165, 1.54) is 0 Å². The van der Waals surface area contributed by atoms with Crippen LogP contribution in [0.15, 0.2) is 0 Å². The van der Waals surface area contributed by atoms with Crippen LogP contribution in [0.5, 0.6) is 0 Å². The van der Waals surface area contributed by atoms with Gasteiger partial charge in [-0.05, 0) is 0 Å². The summed E-state index contributed by atoms with van der Waals surface area (Å²) >= 11 is 0. The van der Waals surface area contributed by atoms with Gasteiger partial charge < -0.3 is 30.1 Å². The number of ether oxygens (including phenoxy) is 1. The van der Waals surface area contributed by atoms with E-state index in [9.17, 15) is 19.9 Å². The summed E-state index contributed by atoms with van der Waals surface area (Å²) in [6, 6.07) is 0. The molecule has 0 aromatic rings. The van der Waals surface area contributed by atoms with Gasteiger partial charge in [-0.15, -0.1) is 0 Å². The molecule has 0 saturated carbocycles. The van der Waals surface area contributed by atoms with Gasteiger partial charge in [0.25, 0.3) is 0 Å². The Balaban J connectivity index is 2.41. The fraction of sp³-hybridized carbons (Fsp3) is 1.00. The number of aliphatic hydroxyl groups is 4. The fourth-order valence-corrected chi connectivity index (χ4v) is 2.87. The van der Waals surface area contributed by atoms with Crippen LogP contribution in [0.2, 0.25) is 0 Å². The van der Waals surface area contributed by atoms with E-state index in [0.29, 0.717) is 0 Å². The van der Waals surface area contributed by atoms with Crippen LogP contribution in [0.1, 0.15) is 0 Å². The fourth-order valence-electron chi connectivity index (χ4n) is 1.73. The van der Waals surface area contributed by atoms with Crippen molar-refractivity contribution in [3.8, 4) is 0 Å². The SMILES string of the molecule is N[C@@]12OP(=O)(O)O[C@]1(O)O[C@H](CO)[C@@H](O)[C@@H]2O. The van der Waals surface area contributed by atoms with E-state index in [1.807, 2.05) is 0 Å². The molecule has 7 N–H and O–H groups in total. The van der Waals surface area contributed by atoms with Crippen molar-refractivity contribution in [1.29, 1.82) is 0 Å². The number of phosphoric acid groups is 1. The molecule has 1 unspecified atom stereocenters. The average Bonchev–Trinajstić information content (AvgIpc) is 2.39. The van der Waals surface area contributed by atoms with Crippen molar-refractivity contribution in [2.45, 2.75) is 30.0 Å². The topological polar surface area (TPSA) is 172 Å². The Hall–Kier alpha value is -0.130. The van der Waals surface area contributed by atoms with Crippen LogP contribution in [0.25, 0.3) is 0 Å². The van der Waals surface area contributed by atoms with Crippen molar-refractivity contribution in [1.82, 2.24) is 0 Å². The molecule has 2 heterocycles. The highest BCUT2D eigenvalue weighted by atomic mass is 31.2. The summed E-state index contributed by atoms with van der Waals surface area (Å²) in [5.74, 6) is -2.94. The maximum absolute atomic E-state index is 11.2. The molecule has 17 heavy (non-hydrogen) atoms. The van der Waals surface area contributed by atoms with Gasteiger partial charge in [-0.3, -0.25) is 10.3 Å². The summed E-state index contributed by atoms with van der Waals surface area (Å²) in [5, 5.41) is 37.8. The van der Waals surface area contributed by atoms with Gasteiger partial charge in [0.1, 0.15) is 18.3 Å². The maximum Gasteiger partial charge on any atom is 0.478 e. The number of aliphatic hydroxyl groups excluding tert-OH is 3. The first-order chi connectivity index (χ1) is 7.65. The van der Waals surface area contributed by atoms with E-state index in [2.05, 4.69) is 13.8 Å². The highest BCUT2D eigenvalue weighted by Gasteiger charge is 2.73. The zero-order valence-corrected chi connectivity index (χ0v) is 9.23. The molecule has 2 saturated heterocycles. The maximum atomic E-state index is 11.2. The molecule has 100 valence electrons. The second kappa shape index (κ2) is 3.68. The summed E-state index contributed by atoms with van der Waals surface area (Å²) in [6.45, 7) is -0.782. The molecule has 0 bridgehead atoms. The van der Waals surface area contributed by atoms with Gasteiger partial charge in [0.15, 0.2) is 0 Å². The molecule has 0 aromatic heterocycles. The summed E-state index contributed by atoms with van der Waals surface area (Å²) in [7, 11) is -4.73. The zero-order valence-electron chi connectivity index (χ0n) is 8.33. The predicted octanol–water partition coefficient (Wildman–Crippen LogP) is -3.45. The third-order valence-electron chi connectivity index (χ3n) is 2.63. The Kier molecular flexibility index (Phi) is 2.88. The van der Waals surface area contributed by atoms with E-state index in [4.69, 9.17) is 15.7 Å². The summed E-state index contributed by atoms with van der Waals surface area (Å²) < 4.78 is 24.4. The molecule has 0 spiro atoms. The Morgan fingerprint density at radius 3 is 2.47 bits per heavy atom. The molecular weight excluding hydrogens is 261 g/mol. The molecule has 0 aliphatic carbocycles. The van der Waals surface area contributed by atoms with Crippen molar-refractivity contribution in [2.75, 3.05) is 6.61 Å². The van der Waals surface area contributed by atoms with Gasteiger partial charge in [-0.1, -0.05) is 0 Å². The van der Waals surface area contributed by atoms with Crippen molar-refractivity contribution in [3.63, 3.8) is 0 Å². The van der Waals surface area contributed by atoms with Gasteiger partial charge in [0.2, 0.25) is 5.72 Å². The van der Waals surface area contributed by atoms with E-state index in [1.54, 1.807) is 0 Å². The first-order valence-electron chi connectivity index (χ1n) is 4.55. The van der Waals surface area contributed by atoms with Crippen LogP contribution >= 0.6 is 7.82 Å². The highest BCUT2D eigenvalue weighted by Crippen LogP contribution is 2.62. The molecule has 6 atom stereocenters. The Morgan fingerprint density at radius 2 is 1.94 bits per heavy atom. The van der Waals surface area contributed by atoms with Crippen LogP contribution in [0.4, 0.5) is 0 Å². The normalized spacial score (nSPS) is 59.1. The molecule has 10 nitrogen and oxygen atoms in total. The van der Waals surface area contributed by atoms with Crippen molar-refractivity contribution in [2.24, 2.45) is 5.73 Å². The molecule has 2 rings (SSSR count). The second-order valence-electron chi connectivity index (χ2n) is 3.80. The summed E-state index contributed by atoms with van der Waals surface area (Å²) in [6.07, 6.45) is -5.18. The van der Waals surface area contributed by atoms with Crippen LogP contribution in [0.3, 0.4) is 0 Å². The quantitative estimate of drug-likeness (QED) is 0.264. The number of fused-ring (bicyclic) bond motifs is 1. The number of rotatable bonds is 1. The molecule has 2 aliphatic heterocycles. The lowest BCUT2D eigenvalue weighted by Gasteiger charge is -2.46. The highest BCUT2D eigenvalue weighted by molar-refractivity contribution is 7.47. The third-order valence-corrected chi connectivity index (χ3v) is 3.65. The number of phosphoric ester groups is 1. The van der Waals surface area contributed by atoms with E-state index in [0.717, 1.165) is 0 Å². The number of nitrogens with two attached hydrogens (primary N) is 1. The molecule has 2 fully saturated rings. The van der Waals surface area contributed by atoms with E-state index < -0.39 is 44.4 Å². The smallest absolute Gasteiger partial charge is 0.394 e. The predicted molar refractivity (Wildman–Crippen MR) is 47.8 cm³/mol. The van der Waals surface area contributed by atoms with Crippen molar-refractivity contribution >= 4 is 7.82 Å². The first kappa shape index (κ1) is 13.3. The van der Waals surface area contributed by atoms with E-state index in [-0.39, 0.29) is 0 Å². The van der Waals surface area contributed by atoms with Crippen LogP contribution in [-0.4, -0.2) is 61.9 Å². The molecule has 11 heteroatoms. The minimum atomic E-state index is -4.73. The lowest BCUT2D eigenvalue weighted by Crippen LogP contribution is -2.75. The summed E-state index contributed by atoms with van der Waals surface area (Å²) in [5.41, 5.74) is 2.74. The monoisotopic (exact) mass is 273 g/mol. The standard InChI is InChI=1S/C6H12NO9P/c7-5-4(10)3(9)2(1-8)14-6(5,11)16-17(12,13)15-5/h2-4,8-11H,1,7H2,(H,12,13)/t2-,3-,4+,5+,6-/m1/s1. The minimum Gasteiger partial charge on any atom is -0.394 e. The number of hydrogen-bond donors (Lipinski definition) is 6. The van der Waals surface area contributed by atoms with Gasteiger partial charge in [0, 0.05) is 0 Å². The Bertz CT molecular complexity index is 378.